The van der Waals surface area contributed by atoms with Gasteiger partial charge in [0.1, 0.15) is 4.47 Å². The first kappa shape index (κ1) is 13.7. The molecule has 0 aliphatic rings. The first-order valence-electron chi connectivity index (χ1n) is 5.94. The molecular formula is C14H13BrN2O2. The Labute approximate surface area is 119 Å². The third kappa shape index (κ3) is 3.17. The molecule has 2 aromatic rings. The molecule has 0 atom stereocenters. The smallest absolute Gasteiger partial charge is 0.268 e. The normalized spacial score (nSPS) is 10.4. The molecule has 4 nitrogen and oxygen atoms in total. The quantitative estimate of drug-likeness (QED) is 0.813. The summed E-state index contributed by atoms with van der Waals surface area (Å²) in [6.45, 7) is 2.06. The summed E-state index contributed by atoms with van der Waals surface area (Å²) in [5.41, 5.74) is 1.52. The molecule has 1 aromatic heterocycles. The predicted octanol–water partition coefficient (Wildman–Crippen LogP) is 2.45. The van der Waals surface area contributed by atoms with Crippen LogP contribution in [0.15, 0.2) is 46.1 Å². The monoisotopic (exact) mass is 320 g/mol. The topological polar surface area (TPSA) is 52.0 Å². The van der Waals surface area contributed by atoms with Crippen molar-refractivity contribution in [2.45, 2.75) is 19.9 Å². The molecule has 1 aromatic carbocycles. The minimum Gasteiger partial charge on any atom is -0.292 e. The molecule has 0 unspecified atom stereocenters. The Balaban J connectivity index is 2.20. The maximum Gasteiger partial charge on any atom is 0.268 e. The first-order valence-corrected chi connectivity index (χ1v) is 6.73. The molecule has 0 amide bonds. The summed E-state index contributed by atoms with van der Waals surface area (Å²) in [4.78, 5) is 27.7. The molecule has 19 heavy (non-hydrogen) atoms. The van der Waals surface area contributed by atoms with Crippen LogP contribution in [0, 0.1) is 0 Å². The largest absolute Gasteiger partial charge is 0.292 e. The van der Waals surface area contributed by atoms with E-state index < -0.39 is 0 Å². The van der Waals surface area contributed by atoms with Crippen molar-refractivity contribution in [2.75, 3.05) is 0 Å². The van der Waals surface area contributed by atoms with Crippen LogP contribution in [0.4, 0.5) is 0 Å². The van der Waals surface area contributed by atoms with E-state index in [1.165, 1.54) is 22.7 Å². The van der Waals surface area contributed by atoms with Crippen molar-refractivity contribution < 1.29 is 4.79 Å². The van der Waals surface area contributed by atoms with Crippen LogP contribution in [0.1, 0.15) is 22.8 Å². The Morgan fingerprint density at radius 1 is 1.32 bits per heavy atom. The van der Waals surface area contributed by atoms with Crippen molar-refractivity contribution in [1.82, 2.24) is 9.55 Å². The van der Waals surface area contributed by atoms with Gasteiger partial charge in [0.05, 0.1) is 12.9 Å². The molecule has 0 aliphatic heterocycles. The number of halogens is 1. The molecule has 0 fully saturated rings. The number of hydrogen-bond donors (Lipinski definition) is 0. The van der Waals surface area contributed by atoms with Gasteiger partial charge in [-0.3, -0.25) is 14.2 Å². The zero-order chi connectivity index (χ0) is 13.8. The minimum atomic E-state index is -0.256. The summed E-state index contributed by atoms with van der Waals surface area (Å²) in [7, 11) is 0. The third-order valence-corrected chi connectivity index (χ3v) is 3.40. The Hall–Kier alpha value is -1.75. The standard InChI is InChI=1S/C14H13BrN2O2/c1-2-10-3-5-11(6-4-10)13(18)8-17-9-16-7-12(15)14(17)19/h3-7,9H,2,8H2,1H3. The Kier molecular flexibility index (Phi) is 4.27. The van der Waals surface area contributed by atoms with Gasteiger partial charge in [-0.2, -0.15) is 0 Å². The summed E-state index contributed by atoms with van der Waals surface area (Å²) in [6, 6.07) is 7.43. The van der Waals surface area contributed by atoms with E-state index in [1.807, 2.05) is 12.1 Å². The van der Waals surface area contributed by atoms with Gasteiger partial charge >= 0.3 is 0 Å². The van der Waals surface area contributed by atoms with Crippen molar-refractivity contribution in [2.24, 2.45) is 0 Å². The highest BCUT2D eigenvalue weighted by Crippen LogP contribution is 2.07. The summed E-state index contributed by atoms with van der Waals surface area (Å²) >= 11 is 3.10. The molecule has 0 spiro atoms. The van der Waals surface area contributed by atoms with Crippen LogP contribution in [-0.4, -0.2) is 15.3 Å². The van der Waals surface area contributed by atoms with Crippen molar-refractivity contribution in [3.63, 3.8) is 0 Å². The van der Waals surface area contributed by atoms with Gasteiger partial charge < -0.3 is 0 Å². The van der Waals surface area contributed by atoms with Crippen LogP contribution in [0.2, 0.25) is 0 Å². The second kappa shape index (κ2) is 5.93. The molecule has 1 heterocycles. The van der Waals surface area contributed by atoms with E-state index in [1.54, 1.807) is 12.1 Å². The Bertz CT molecular complexity index is 647. The number of rotatable bonds is 4. The van der Waals surface area contributed by atoms with Crippen molar-refractivity contribution in [1.29, 1.82) is 0 Å². The van der Waals surface area contributed by atoms with Gasteiger partial charge in [-0.25, -0.2) is 4.98 Å². The number of benzene rings is 1. The van der Waals surface area contributed by atoms with Gasteiger partial charge in [0.25, 0.3) is 5.56 Å². The van der Waals surface area contributed by atoms with E-state index in [4.69, 9.17) is 0 Å². The Morgan fingerprint density at radius 3 is 2.63 bits per heavy atom. The maximum atomic E-state index is 12.1. The zero-order valence-corrected chi connectivity index (χ0v) is 12.1. The average Bonchev–Trinajstić information content (AvgIpc) is 2.44. The molecule has 98 valence electrons. The number of nitrogens with zero attached hydrogens (tertiary/aromatic N) is 2. The number of ketones is 1. The van der Waals surface area contributed by atoms with Crippen LogP contribution in [0.25, 0.3) is 0 Å². The average molecular weight is 321 g/mol. The summed E-state index contributed by atoms with van der Waals surface area (Å²) in [5, 5.41) is 0. The highest BCUT2D eigenvalue weighted by Gasteiger charge is 2.09. The van der Waals surface area contributed by atoms with E-state index in [0.717, 1.165) is 6.42 Å². The second-order valence-corrected chi connectivity index (χ2v) is 5.00. The molecule has 2 rings (SSSR count). The van der Waals surface area contributed by atoms with Crippen molar-refractivity contribution in [3.8, 4) is 0 Å². The van der Waals surface area contributed by atoms with E-state index in [0.29, 0.717) is 10.0 Å². The number of aryl methyl sites for hydroxylation is 1. The lowest BCUT2D eigenvalue weighted by molar-refractivity contribution is 0.0970. The summed E-state index contributed by atoms with van der Waals surface area (Å²) in [5.74, 6) is -0.107. The minimum absolute atomic E-state index is 0.00323. The van der Waals surface area contributed by atoms with E-state index in [-0.39, 0.29) is 17.9 Å². The van der Waals surface area contributed by atoms with Gasteiger partial charge in [0, 0.05) is 11.8 Å². The summed E-state index contributed by atoms with van der Waals surface area (Å²) in [6.07, 6.45) is 3.72. The number of aromatic nitrogens is 2. The maximum absolute atomic E-state index is 12.1. The van der Waals surface area contributed by atoms with Gasteiger partial charge in [-0.15, -0.1) is 0 Å². The van der Waals surface area contributed by atoms with E-state index >= 15 is 0 Å². The number of hydrogen-bond acceptors (Lipinski definition) is 3. The van der Waals surface area contributed by atoms with Crippen LogP contribution in [0.3, 0.4) is 0 Å². The third-order valence-electron chi connectivity index (χ3n) is 2.86. The van der Waals surface area contributed by atoms with Crippen LogP contribution < -0.4 is 5.56 Å². The van der Waals surface area contributed by atoms with Crippen LogP contribution >= 0.6 is 15.9 Å². The van der Waals surface area contributed by atoms with Gasteiger partial charge in [-0.05, 0) is 27.9 Å². The number of carbonyl (C=O) groups is 1. The van der Waals surface area contributed by atoms with Crippen LogP contribution in [-0.2, 0) is 13.0 Å². The highest BCUT2D eigenvalue weighted by atomic mass is 79.9. The van der Waals surface area contributed by atoms with E-state index in [9.17, 15) is 9.59 Å². The van der Waals surface area contributed by atoms with Gasteiger partial charge in [-0.1, -0.05) is 31.2 Å². The fourth-order valence-electron chi connectivity index (χ4n) is 1.71. The molecule has 0 aliphatic carbocycles. The zero-order valence-electron chi connectivity index (χ0n) is 10.5. The predicted molar refractivity (Wildman–Crippen MR) is 76.3 cm³/mol. The molecule has 0 N–H and O–H groups in total. The fraction of sp³-hybridized carbons (Fsp3) is 0.214. The lowest BCUT2D eigenvalue weighted by Crippen LogP contribution is -2.24. The molecule has 0 saturated carbocycles. The second-order valence-electron chi connectivity index (χ2n) is 4.15. The highest BCUT2D eigenvalue weighted by molar-refractivity contribution is 9.10. The van der Waals surface area contributed by atoms with Crippen molar-refractivity contribution in [3.05, 3.63) is 62.7 Å². The Morgan fingerprint density at radius 2 is 2.00 bits per heavy atom. The fourth-order valence-corrected chi connectivity index (χ4v) is 2.06. The number of carbonyl (C=O) groups excluding carboxylic acids is 1. The first-order chi connectivity index (χ1) is 9.11. The lowest BCUT2D eigenvalue weighted by Gasteiger charge is -2.05. The molecular weight excluding hydrogens is 308 g/mol. The molecule has 0 bridgehead atoms. The van der Waals surface area contributed by atoms with E-state index in [2.05, 4.69) is 27.8 Å². The van der Waals surface area contributed by atoms with Crippen LogP contribution in [0.5, 0.6) is 0 Å². The SMILES string of the molecule is CCc1ccc(C(=O)Cn2cncc(Br)c2=O)cc1. The van der Waals surface area contributed by atoms with Gasteiger partial charge in [0.15, 0.2) is 5.78 Å². The molecule has 5 heteroatoms. The number of Topliss-reactive ketones (excluding diaryl/α,β-unsaturated/α-hetero) is 1. The molecule has 0 saturated heterocycles. The lowest BCUT2D eigenvalue weighted by atomic mass is 10.1. The van der Waals surface area contributed by atoms with Gasteiger partial charge in [0.2, 0.25) is 0 Å². The molecule has 0 radical (unpaired) electrons. The summed E-state index contributed by atoms with van der Waals surface area (Å²) < 4.78 is 1.64. The van der Waals surface area contributed by atoms with Crippen molar-refractivity contribution >= 4 is 21.7 Å².